The molecule has 2 aromatic carbocycles. The van der Waals surface area contributed by atoms with Gasteiger partial charge in [-0.2, -0.15) is 0 Å². The van der Waals surface area contributed by atoms with E-state index in [0.717, 1.165) is 17.1 Å². The number of aromatic nitrogens is 1. The number of aryl methyl sites for hydroxylation is 2. The molecule has 1 amide bonds. The highest BCUT2D eigenvalue weighted by Gasteiger charge is 2.20. The number of furan rings is 1. The summed E-state index contributed by atoms with van der Waals surface area (Å²) in [7, 11) is 1.75. The summed E-state index contributed by atoms with van der Waals surface area (Å²) in [5.74, 6) is 2.54. The van der Waals surface area contributed by atoms with E-state index in [2.05, 4.69) is 4.98 Å². The molecule has 146 valence electrons. The molecule has 5 nitrogen and oxygen atoms in total. The Kier molecular flexibility index (Phi) is 5.04. The molecule has 0 bridgehead atoms. The van der Waals surface area contributed by atoms with E-state index in [1.807, 2.05) is 68.4 Å². The van der Waals surface area contributed by atoms with Crippen LogP contribution in [-0.4, -0.2) is 22.8 Å². The number of hydrogen-bond donors (Lipinski definition) is 0. The number of nitrogens with zero attached hydrogens (tertiary/aromatic N) is 2. The van der Waals surface area contributed by atoms with Crippen molar-refractivity contribution < 1.29 is 13.6 Å². The Balaban J connectivity index is 1.61. The second kappa shape index (κ2) is 7.80. The lowest BCUT2D eigenvalue weighted by Crippen LogP contribution is -2.26. The first kappa shape index (κ1) is 18.7. The Bertz CT molecular complexity index is 1140. The van der Waals surface area contributed by atoms with Crippen molar-refractivity contribution in [3.05, 3.63) is 89.5 Å². The van der Waals surface area contributed by atoms with Gasteiger partial charge in [0.25, 0.3) is 5.91 Å². The zero-order valence-corrected chi connectivity index (χ0v) is 16.7. The molecule has 0 aliphatic heterocycles. The van der Waals surface area contributed by atoms with Gasteiger partial charge in [-0.15, -0.1) is 0 Å². The Morgan fingerprint density at radius 1 is 0.966 bits per heavy atom. The molecule has 0 saturated carbocycles. The summed E-state index contributed by atoms with van der Waals surface area (Å²) in [6.07, 6.45) is 1.69. The molecule has 0 N–H and O–H groups in total. The number of oxazole rings is 1. The lowest BCUT2D eigenvalue weighted by atomic mass is 10.1. The first-order valence-corrected chi connectivity index (χ1v) is 9.44. The van der Waals surface area contributed by atoms with Crippen molar-refractivity contribution in [1.82, 2.24) is 9.88 Å². The number of carbonyl (C=O) groups excluding carboxylic acids is 1. The first-order chi connectivity index (χ1) is 14.0. The Hall–Kier alpha value is -3.60. The molecule has 4 rings (SSSR count). The van der Waals surface area contributed by atoms with Crippen molar-refractivity contribution in [2.45, 2.75) is 20.4 Å². The third-order valence-corrected chi connectivity index (χ3v) is 4.77. The van der Waals surface area contributed by atoms with Gasteiger partial charge < -0.3 is 13.7 Å². The summed E-state index contributed by atoms with van der Waals surface area (Å²) < 4.78 is 11.6. The average Bonchev–Trinajstić information content (AvgIpc) is 3.37. The van der Waals surface area contributed by atoms with E-state index in [-0.39, 0.29) is 5.91 Å². The molecule has 2 heterocycles. The molecule has 0 fully saturated rings. The van der Waals surface area contributed by atoms with Crippen LogP contribution in [0.5, 0.6) is 0 Å². The van der Waals surface area contributed by atoms with Gasteiger partial charge in [0.2, 0.25) is 5.89 Å². The van der Waals surface area contributed by atoms with Crippen molar-refractivity contribution in [3.8, 4) is 22.8 Å². The van der Waals surface area contributed by atoms with E-state index in [0.29, 0.717) is 29.3 Å². The van der Waals surface area contributed by atoms with Gasteiger partial charge in [-0.3, -0.25) is 4.79 Å². The topological polar surface area (TPSA) is 59.5 Å². The van der Waals surface area contributed by atoms with Gasteiger partial charge in [-0.25, -0.2) is 4.98 Å². The zero-order chi connectivity index (χ0) is 20.4. The summed E-state index contributed by atoms with van der Waals surface area (Å²) in [4.78, 5) is 19.1. The number of amides is 1. The van der Waals surface area contributed by atoms with Crippen molar-refractivity contribution in [2.75, 3.05) is 7.05 Å². The van der Waals surface area contributed by atoms with Crippen LogP contribution in [0.4, 0.5) is 0 Å². The minimum atomic E-state index is -0.121. The van der Waals surface area contributed by atoms with Crippen LogP contribution in [-0.2, 0) is 6.54 Å². The fourth-order valence-electron chi connectivity index (χ4n) is 3.19. The van der Waals surface area contributed by atoms with Crippen LogP contribution in [0.15, 0.2) is 75.7 Å². The van der Waals surface area contributed by atoms with Crippen LogP contribution in [0.2, 0.25) is 0 Å². The molecule has 0 spiro atoms. The van der Waals surface area contributed by atoms with Gasteiger partial charge >= 0.3 is 0 Å². The van der Waals surface area contributed by atoms with Gasteiger partial charge in [-0.1, -0.05) is 42.0 Å². The van der Waals surface area contributed by atoms with Crippen LogP contribution in [0, 0.1) is 13.8 Å². The van der Waals surface area contributed by atoms with E-state index in [1.165, 1.54) is 5.56 Å². The molecule has 0 atom stereocenters. The smallest absolute Gasteiger partial charge is 0.254 e. The highest BCUT2D eigenvalue weighted by molar-refractivity contribution is 5.99. The fraction of sp³-hybridized carbons (Fsp3) is 0.167. The average molecular weight is 386 g/mol. The van der Waals surface area contributed by atoms with E-state index in [1.54, 1.807) is 24.2 Å². The lowest BCUT2D eigenvalue weighted by molar-refractivity contribution is 0.0775. The predicted molar refractivity (Wildman–Crippen MR) is 111 cm³/mol. The largest absolute Gasteiger partial charge is 0.464 e. The molecular formula is C24H22N2O3. The quantitative estimate of drug-likeness (QED) is 0.455. The Morgan fingerprint density at radius 2 is 1.72 bits per heavy atom. The van der Waals surface area contributed by atoms with Crippen molar-refractivity contribution >= 4 is 5.91 Å². The van der Waals surface area contributed by atoms with Crippen molar-refractivity contribution in [3.63, 3.8) is 0 Å². The third kappa shape index (κ3) is 3.99. The molecule has 2 aromatic heterocycles. The van der Waals surface area contributed by atoms with Gasteiger partial charge in [0.15, 0.2) is 5.76 Å². The van der Waals surface area contributed by atoms with Crippen LogP contribution in [0.1, 0.15) is 27.4 Å². The molecule has 4 aromatic rings. The molecule has 29 heavy (non-hydrogen) atoms. The minimum Gasteiger partial charge on any atom is -0.464 e. The van der Waals surface area contributed by atoms with Crippen molar-refractivity contribution in [1.29, 1.82) is 0 Å². The fourth-order valence-corrected chi connectivity index (χ4v) is 3.19. The number of rotatable bonds is 5. The van der Waals surface area contributed by atoms with E-state index >= 15 is 0 Å². The van der Waals surface area contributed by atoms with E-state index in [9.17, 15) is 4.79 Å². The maximum Gasteiger partial charge on any atom is 0.254 e. The van der Waals surface area contributed by atoms with Gasteiger partial charge in [0.1, 0.15) is 11.5 Å². The summed E-state index contributed by atoms with van der Waals surface area (Å²) >= 11 is 0. The number of hydrogen-bond acceptors (Lipinski definition) is 4. The lowest BCUT2D eigenvalue weighted by Gasteiger charge is -2.17. The molecule has 0 unspecified atom stereocenters. The molecule has 0 aliphatic carbocycles. The second-order valence-electron chi connectivity index (χ2n) is 7.11. The maximum absolute atomic E-state index is 13.1. The second-order valence-corrected chi connectivity index (χ2v) is 7.11. The highest BCUT2D eigenvalue weighted by atomic mass is 16.4. The Morgan fingerprint density at radius 3 is 2.45 bits per heavy atom. The summed E-state index contributed by atoms with van der Waals surface area (Å²) in [5, 5.41) is 0. The summed E-state index contributed by atoms with van der Waals surface area (Å²) in [6, 6.07) is 19.2. The molecular weight excluding hydrogens is 364 g/mol. The zero-order valence-electron chi connectivity index (χ0n) is 16.7. The van der Waals surface area contributed by atoms with E-state index < -0.39 is 0 Å². The van der Waals surface area contributed by atoms with Gasteiger partial charge in [0, 0.05) is 18.2 Å². The number of carbonyl (C=O) groups is 1. The standard InChI is InChI=1S/C24H22N2O3/c1-16-8-11-18(12-9-16)22-14-25-23(29-22)20-6-4-5-7-21(20)24(27)26(3)15-19-13-10-17(2)28-19/h4-14H,15H2,1-3H3. The molecule has 0 saturated heterocycles. The SMILES string of the molecule is Cc1ccc(-c2cnc(-c3ccccc3C(=O)N(C)Cc3ccc(C)o3)o2)cc1. The van der Waals surface area contributed by atoms with Gasteiger partial charge in [-0.05, 0) is 38.1 Å². The molecule has 0 aliphatic rings. The number of benzene rings is 2. The predicted octanol–water partition coefficient (Wildman–Crippen LogP) is 5.49. The monoisotopic (exact) mass is 386 g/mol. The van der Waals surface area contributed by atoms with Crippen LogP contribution < -0.4 is 0 Å². The normalized spacial score (nSPS) is 10.9. The maximum atomic E-state index is 13.1. The Labute approximate surface area is 169 Å². The molecule has 0 radical (unpaired) electrons. The first-order valence-electron chi connectivity index (χ1n) is 9.44. The highest BCUT2D eigenvalue weighted by Crippen LogP contribution is 2.29. The molecule has 5 heteroatoms. The van der Waals surface area contributed by atoms with Crippen LogP contribution in [0.25, 0.3) is 22.8 Å². The third-order valence-electron chi connectivity index (χ3n) is 4.77. The summed E-state index contributed by atoms with van der Waals surface area (Å²) in [5.41, 5.74) is 3.33. The van der Waals surface area contributed by atoms with Crippen molar-refractivity contribution in [2.24, 2.45) is 0 Å². The van der Waals surface area contributed by atoms with Crippen LogP contribution in [0.3, 0.4) is 0 Å². The minimum absolute atomic E-state index is 0.121. The summed E-state index contributed by atoms with van der Waals surface area (Å²) in [6.45, 7) is 4.31. The van der Waals surface area contributed by atoms with Gasteiger partial charge in [0.05, 0.1) is 18.3 Å². The van der Waals surface area contributed by atoms with Crippen LogP contribution >= 0.6 is 0 Å². The van der Waals surface area contributed by atoms with E-state index in [4.69, 9.17) is 8.83 Å².